The molecule has 0 aliphatic carbocycles. The van der Waals surface area contributed by atoms with Gasteiger partial charge in [0.05, 0.1) is 12.1 Å². The van der Waals surface area contributed by atoms with Gasteiger partial charge in [0.1, 0.15) is 6.54 Å². The first-order valence-corrected chi connectivity index (χ1v) is 11.6. The summed E-state index contributed by atoms with van der Waals surface area (Å²) in [7, 11) is 0. The first kappa shape index (κ1) is 24.8. The number of halogens is 1. The molecule has 2 N–H and O–H groups in total. The number of benzene rings is 1. The fourth-order valence-corrected chi connectivity index (χ4v) is 3.65. The van der Waals surface area contributed by atoms with Crippen molar-refractivity contribution in [1.29, 1.82) is 0 Å². The third kappa shape index (κ3) is 8.67. The Bertz CT molecular complexity index is 883. The second-order valence-electron chi connectivity index (χ2n) is 7.64. The Morgan fingerprint density at radius 1 is 1.16 bits per heavy atom. The van der Waals surface area contributed by atoms with Crippen LogP contribution in [0.3, 0.4) is 0 Å². The Hall–Kier alpha value is -2.45. The highest BCUT2D eigenvalue weighted by atomic mass is 35.5. The van der Waals surface area contributed by atoms with Gasteiger partial charge in [-0.05, 0) is 43.0 Å². The maximum atomic E-state index is 12.7. The van der Waals surface area contributed by atoms with Gasteiger partial charge >= 0.3 is 0 Å². The largest absolute Gasteiger partial charge is 0.356 e. The summed E-state index contributed by atoms with van der Waals surface area (Å²) in [5, 5.41) is 8.29. The Kier molecular flexibility index (Phi) is 9.94. The maximum absolute atomic E-state index is 12.7. The fraction of sp³-hybridized carbons (Fsp3) is 0.455. The highest BCUT2D eigenvalue weighted by molar-refractivity contribution is 7.13. The van der Waals surface area contributed by atoms with E-state index in [1.165, 1.54) is 16.2 Å². The first-order chi connectivity index (χ1) is 14.8. The number of nitrogens with zero attached hydrogens (tertiary/aromatic N) is 2. The number of hydrogen-bond acceptors (Lipinski definition) is 5. The van der Waals surface area contributed by atoms with Gasteiger partial charge in [-0.3, -0.25) is 14.4 Å². The fourth-order valence-electron chi connectivity index (χ4n) is 2.80. The molecule has 168 valence electrons. The Morgan fingerprint density at radius 3 is 2.52 bits per heavy atom. The number of carbonyl (C=O) groups is 3. The summed E-state index contributed by atoms with van der Waals surface area (Å²) in [6, 6.07) is 6.58. The minimum atomic E-state index is -0.335. The van der Waals surface area contributed by atoms with Crippen LogP contribution in [0.1, 0.15) is 49.7 Å². The number of anilines is 1. The average Bonchev–Trinajstić information content (AvgIpc) is 3.13. The molecular weight excluding hydrogens is 436 g/mol. The average molecular weight is 465 g/mol. The van der Waals surface area contributed by atoms with Gasteiger partial charge in [-0.1, -0.05) is 32.4 Å². The van der Waals surface area contributed by atoms with Crippen LogP contribution in [0.4, 0.5) is 5.13 Å². The monoisotopic (exact) mass is 464 g/mol. The van der Waals surface area contributed by atoms with Crippen molar-refractivity contribution in [2.24, 2.45) is 5.92 Å². The van der Waals surface area contributed by atoms with Crippen molar-refractivity contribution in [3.05, 3.63) is 45.9 Å². The van der Waals surface area contributed by atoms with Gasteiger partial charge in [-0.25, -0.2) is 4.98 Å². The molecule has 0 unspecified atom stereocenters. The third-order valence-corrected chi connectivity index (χ3v) is 5.45. The van der Waals surface area contributed by atoms with E-state index < -0.39 is 0 Å². The summed E-state index contributed by atoms with van der Waals surface area (Å²) < 4.78 is 0. The zero-order valence-electron chi connectivity index (χ0n) is 18.1. The molecule has 0 saturated heterocycles. The highest BCUT2D eigenvalue weighted by Gasteiger charge is 2.19. The molecule has 2 rings (SSSR count). The van der Waals surface area contributed by atoms with E-state index in [-0.39, 0.29) is 30.7 Å². The summed E-state index contributed by atoms with van der Waals surface area (Å²) in [4.78, 5) is 43.0. The van der Waals surface area contributed by atoms with Crippen LogP contribution >= 0.6 is 22.9 Å². The number of hydrogen-bond donors (Lipinski definition) is 2. The third-order valence-electron chi connectivity index (χ3n) is 4.39. The lowest BCUT2D eigenvalue weighted by Gasteiger charge is -2.21. The van der Waals surface area contributed by atoms with Crippen LogP contribution in [0.2, 0.25) is 5.02 Å². The van der Waals surface area contributed by atoms with Crippen molar-refractivity contribution in [3.8, 4) is 0 Å². The minimum Gasteiger partial charge on any atom is -0.356 e. The molecule has 1 heterocycles. The maximum Gasteiger partial charge on any atom is 0.254 e. The molecule has 7 nitrogen and oxygen atoms in total. The lowest BCUT2D eigenvalue weighted by atomic mass is 10.1. The quantitative estimate of drug-likeness (QED) is 0.526. The van der Waals surface area contributed by atoms with Gasteiger partial charge in [-0.15, -0.1) is 11.3 Å². The predicted octanol–water partition coefficient (Wildman–Crippen LogP) is 3.99. The molecule has 2 aromatic rings. The second-order valence-corrected chi connectivity index (χ2v) is 8.93. The molecule has 0 spiro atoms. The van der Waals surface area contributed by atoms with Gasteiger partial charge in [0.25, 0.3) is 5.91 Å². The number of nitrogens with one attached hydrogen (secondary N) is 2. The number of thiazole rings is 1. The number of carbonyl (C=O) groups excluding carboxylic acids is 3. The molecule has 0 atom stereocenters. The molecule has 1 aromatic heterocycles. The van der Waals surface area contributed by atoms with Crippen molar-refractivity contribution in [1.82, 2.24) is 15.2 Å². The summed E-state index contributed by atoms with van der Waals surface area (Å²) in [6.07, 6.45) is 1.81. The minimum absolute atomic E-state index is 0.0834. The standard InChI is InChI=1S/C22H29ClN4O3S/c1-4-11-27(21(30)16-5-7-17(23)8-6-16)13-20(29)26-22-25-18(14-31-22)12-19(28)24-10-9-15(2)3/h5-8,14-15H,4,9-13H2,1-3H3,(H,24,28)(H,25,26,29). The Labute approximate surface area is 192 Å². The molecule has 0 aliphatic heterocycles. The van der Waals surface area contributed by atoms with E-state index in [1.54, 1.807) is 29.6 Å². The van der Waals surface area contributed by atoms with Crippen molar-refractivity contribution >= 4 is 45.8 Å². The van der Waals surface area contributed by atoms with Crippen molar-refractivity contribution in [2.45, 2.75) is 40.0 Å². The van der Waals surface area contributed by atoms with Gasteiger partial charge in [0.15, 0.2) is 5.13 Å². The van der Waals surface area contributed by atoms with Crippen LogP contribution < -0.4 is 10.6 Å². The SMILES string of the molecule is CCCN(CC(=O)Nc1nc(CC(=O)NCCC(C)C)cs1)C(=O)c1ccc(Cl)cc1. The van der Waals surface area contributed by atoms with E-state index in [1.807, 2.05) is 6.92 Å². The molecule has 0 bridgehead atoms. The summed E-state index contributed by atoms with van der Waals surface area (Å²) in [6.45, 7) is 7.16. The summed E-state index contributed by atoms with van der Waals surface area (Å²) in [5.74, 6) is -0.128. The summed E-state index contributed by atoms with van der Waals surface area (Å²) >= 11 is 7.14. The molecule has 0 radical (unpaired) electrons. The topological polar surface area (TPSA) is 91.4 Å². The van der Waals surface area contributed by atoms with E-state index >= 15 is 0 Å². The Morgan fingerprint density at radius 2 is 1.87 bits per heavy atom. The van der Waals surface area contributed by atoms with Crippen LogP contribution in [0.5, 0.6) is 0 Å². The van der Waals surface area contributed by atoms with Crippen LogP contribution in [-0.4, -0.2) is 47.2 Å². The molecule has 31 heavy (non-hydrogen) atoms. The molecule has 3 amide bonds. The van der Waals surface area contributed by atoms with Crippen molar-refractivity contribution < 1.29 is 14.4 Å². The van der Waals surface area contributed by atoms with E-state index in [9.17, 15) is 14.4 Å². The first-order valence-electron chi connectivity index (χ1n) is 10.3. The lowest BCUT2D eigenvalue weighted by molar-refractivity contribution is -0.120. The van der Waals surface area contributed by atoms with Crippen LogP contribution in [0, 0.1) is 5.92 Å². The lowest BCUT2D eigenvalue weighted by Crippen LogP contribution is -2.38. The zero-order chi connectivity index (χ0) is 22.8. The number of aromatic nitrogens is 1. The van der Waals surface area contributed by atoms with Gasteiger partial charge < -0.3 is 15.5 Å². The molecule has 9 heteroatoms. The number of amides is 3. The Balaban J connectivity index is 1.89. The van der Waals surface area contributed by atoms with Crippen LogP contribution in [0.25, 0.3) is 0 Å². The molecule has 0 fully saturated rings. The molecule has 0 aliphatic rings. The van der Waals surface area contributed by atoms with Crippen LogP contribution in [-0.2, 0) is 16.0 Å². The highest BCUT2D eigenvalue weighted by Crippen LogP contribution is 2.16. The van der Waals surface area contributed by atoms with E-state index in [0.29, 0.717) is 40.4 Å². The van der Waals surface area contributed by atoms with Gasteiger partial charge in [0, 0.05) is 29.1 Å². The van der Waals surface area contributed by atoms with E-state index in [0.717, 1.165) is 12.8 Å². The van der Waals surface area contributed by atoms with E-state index in [2.05, 4.69) is 29.5 Å². The van der Waals surface area contributed by atoms with Crippen LogP contribution in [0.15, 0.2) is 29.6 Å². The molecule has 1 aromatic carbocycles. The number of rotatable bonds is 11. The van der Waals surface area contributed by atoms with E-state index in [4.69, 9.17) is 11.6 Å². The predicted molar refractivity (Wildman–Crippen MR) is 125 cm³/mol. The summed E-state index contributed by atoms with van der Waals surface area (Å²) in [5.41, 5.74) is 1.08. The zero-order valence-corrected chi connectivity index (χ0v) is 19.7. The molecule has 0 saturated carbocycles. The molecular formula is C22H29ClN4O3S. The van der Waals surface area contributed by atoms with Gasteiger partial charge in [0.2, 0.25) is 11.8 Å². The van der Waals surface area contributed by atoms with Crippen molar-refractivity contribution in [3.63, 3.8) is 0 Å². The normalized spacial score (nSPS) is 10.7. The van der Waals surface area contributed by atoms with Gasteiger partial charge in [-0.2, -0.15) is 0 Å². The van der Waals surface area contributed by atoms with Crippen molar-refractivity contribution in [2.75, 3.05) is 25.0 Å². The smallest absolute Gasteiger partial charge is 0.254 e. The second kappa shape index (κ2) is 12.4.